The summed E-state index contributed by atoms with van der Waals surface area (Å²) in [7, 11) is 0. The lowest BCUT2D eigenvalue weighted by molar-refractivity contribution is 1.18. The summed E-state index contributed by atoms with van der Waals surface area (Å²) >= 11 is 0. The van der Waals surface area contributed by atoms with Gasteiger partial charge in [-0.25, -0.2) is 0 Å². The molecule has 7 aromatic carbocycles. The summed E-state index contributed by atoms with van der Waals surface area (Å²) in [5.74, 6) is 0. The van der Waals surface area contributed by atoms with Crippen LogP contribution in [-0.2, 0) is 0 Å². The first-order valence-corrected chi connectivity index (χ1v) is 16.3. The number of rotatable bonds is 4. The first kappa shape index (κ1) is 28.8. The lowest BCUT2D eigenvalue weighted by Gasteiger charge is -2.19. The molecule has 0 aliphatic rings. The van der Waals surface area contributed by atoms with E-state index >= 15 is 0 Å². The van der Waals surface area contributed by atoms with Crippen molar-refractivity contribution in [3.05, 3.63) is 168 Å². The Labute approximate surface area is 287 Å². The molecule has 0 spiro atoms. The van der Waals surface area contributed by atoms with Crippen LogP contribution in [0, 0.1) is 34.0 Å². The fourth-order valence-corrected chi connectivity index (χ4v) is 7.52. The summed E-state index contributed by atoms with van der Waals surface area (Å²) in [6.45, 7) is 0. The second-order valence-electron chi connectivity index (χ2n) is 12.3. The first-order valence-electron chi connectivity index (χ1n) is 16.3. The number of para-hydroxylation sites is 4. The molecule has 5 nitrogen and oxygen atoms in total. The molecule has 0 saturated carbocycles. The topological polar surface area (TPSA) is 81.2 Å². The van der Waals surface area contributed by atoms with Gasteiger partial charge in [0.2, 0.25) is 0 Å². The summed E-state index contributed by atoms with van der Waals surface area (Å²) in [6.07, 6.45) is 0. The van der Waals surface area contributed by atoms with Crippen LogP contribution in [0.5, 0.6) is 0 Å². The molecule has 2 aromatic heterocycles. The molecule has 9 aromatic rings. The molecule has 0 fully saturated rings. The molecular formula is C45H25N5. The van der Waals surface area contributed by atoms with Crippen molar-refractivity contribution in [1.29, 1.82) is 15.8 Å². The molecule has 50 heavy (non-hydrogen) atoms. The molecule has 0 unspecified atom stereocenters. The SMILES string of the molecule is N#Cc1cc(C#N)c(-c2cccc(-n3c4ccccc4c4ccccc43)c2)c(-c2ccccc2-n2c3ccccc3c3cc(C#N)ccc32)c1. The zero-order chi connectivity index (χ0) is 33.8. The molecule has 5 heteroatoms. The molecule has 0 saturated heterocycles. The van der Waals surface area contributed by atoms with Crippen LogP contribution in [0.2, 0.25) is 0 Å². The summed E-state index contributed by atoms with van der Waals surface area (Å²) in [5.41, 5.74) is 10.8. The summed E-state index contributed by atoms with van der Waals surface area (Å²) in [6, 6.07) is 57.8. The highest BCUT2D eigenvalue weighted by atomic mass is 15.0. The van der Waals surface area contributed by atoms with E-state index in [0.717, 1.165) is 66.5 Å². The zero-order valence-corrected chi connectivity index (χ0v) is 26.7. The van der Waals surface area contributed by atoms with Gasteiger partial charge >= 0.3 is 0 Å². The van der Waals surface area contributed by atoms with Gasteiger partial charge in [0.1, 0.15) is 0 Å². The number of hydrogen-bond donors (Lipinski definition) is 0. The zero-order valence-electron chi connectivity index (χ0n) is 26.7. The number of hydrogen-bond acceptors (Lipinski definition) is 3. The molecular weight excluding hydrogens is 611 g/mol. The van der Waals surface area contributed by atoms with Crippen LogP contribution in [0.1, 0.15) is 16.7 Å². The number of benzene rings is 7. The van der Waals surface area contributed by atoms with Crippen LogP contribution in [-0.4, -0.2) is 9.13 Å². The Hall–Kier alpha value is -7.39. The van der Waals surface area contributed by atoms with Gasteiger partial charge in [0.05, 0.1) is 62.7 Å². The van der Waals surface area contributed by atoms with Crippen molar-refractivity contribution in [2.24, 2.45) is 0 Å². The van der Waals surface area contributed by atoms with Gasteiger partial charge in [-0.15, -0.1) is 0 Å². The summed E-state index contributed by atoms with van der Waals surface area (Å²) < 4.78 is 4.48. The van der Waals surface area contributed by atoms with Crippen molar-refractivity contribution in [2.75, 3.05) is 0 Å². The van der Waals surface area contributed by atoms with E-state index in [4.69, 9.17) is 0 Å². The van der Waals surface area contributed by atoms with Crippen molar-refractivity contribution >= 4 is 43.6 Å². The molecule has 0 radical (unpaired) electrons. The normalized spacial score (nSPS) is 11.1. The van der Waals surface area contributed by atoms with Gasteiger partial charge in [-0.3, -0.25) is 0 Å². The smallest absolute Gasteiger partial charge is 0.0998 e. The van der Waals surface area contributed by atoms with Gasteiger partial charge in [0.15, 0.2) is 0 Å². The summed E-state index contributed by atoms with van der Waals surface area (Å²) in [4.78, 5) is 0. The molecule has 2 heterocycles. The highest BCUT2D eigenvalue weighted by Crippen LogP contribution is 2.42. The van der Waals surface area contributed by atoms with E-state index in [1.54, 1.807) is 6.07 Å². The number of fused-ring (bicyclic) bond motifs is 6. The monoisotopic (exact) mass is 635 g/mol. The van der Waals surface area contributed by atoms with E-state index in [9.17, 15) is 15.8 Å². The van der Waals surface area contributed by atoms with Crippen LogP contribution < -0.4 is 0 Å². The van der Waals surface area contributed by atoms with Gasteiger partial charge in [-0.1, -0.05) is 84.9 Å². The van der Waals surface area contributed by atoms with Crippen molar-refractivity contribution in [3.8, 4) is 51.8 Å². The minimum Gasteiger partial charge on any atom is -0.309 e. The fraction of sp³-hybridized carbons (Fsp3) is 0. The van der Waals surface area contributed by atoms with E-state index in [1.165, 1.54) is 10.8 Å². The number of aromatic nitrogens is 2. The number of nitriles is 3. The van der Waals surface area contributed by atoms with Gasteiger partial charge in [-0.05, 0) is 77.9 Å². The maximum atomic E-state index is 10.6. The van der Waals surface area contributed by atoms with Crippen LogP contribution in [0.25, 0.3) is 77.2 Å². The molecule has 0 bridgehead atoms. The molecule has 230 valence electrons. The Balaban J connectivity index is 1.33. The third-order valence-electron chi connectivity index (χ3n) is 9.60. The third-order valence-corrected chi connectivity index (χ3v) is 9.60. The first-order chi connectivity index (χ1) is 24.7. The molecule has 0 amide bonds. The summed E-state index contributed by atoms with van der Waals surface area (Å²) in [5, 5.41) is 34.8. The van der Waals surface area contributed by atoms with Crippen LogP contribution in [0.3, 0.4) is 0 Å². The standard InChI is InChI=1S/C45H25N5/c46-26-29-20-21-44-38(23-29)36-14-3-7-18-42(36)50(44)43-19-8-4-15-37(43)39-24-30(27-47)22-32(28-48)45(39)31-10-9-11-33(25-31)49-40-16-5-1-12-34(40)35-13-2-6-17-41(35)49/h1-25H. The van der Waals surface area contributed by atoms with E-state index in [-0.39, 0.29) is 0 Å². The van der Waals surface area contributed by atoms with E-state index < -0.39 is 0 Å². The predicted octanol–water partition coefficient (Wildman–Crippen LogP) is 10.8. The highest BCUT2D eigenvalue weighted by Gasteiger charge is 2.21. The van der Waals surface area contributed by atoms with Crippen LogP contribution >= 0.6 is 0 Å². The average molecular weight is 636 g/mol. The molecule has 9 rings (SSSR count). The Morgan fingerprint density at radius 1 is 0.400 bits per heavy atom. The molecule has 0 atom stereocenters. The lowest BCUT2D eigenvalue weighted by Crippen LogP contribution is -2.00. The quantitative estimate of drug-likeness (QED) is 0.193. The number of nitrogens with zero attached hydrogens (tertiary/aromatic N) is 5. The van der Waals surface area contributed by atoms with Gasteiger partial charge < -0.3 is 9.13 Å². The minimum atomic E-state index is 0.412. The highest BCUT2D eigenvalue weighted by molar-refractivity contribution is 6.11. The molecule has 0 aliphatic heterocycles. The Bertz CT molecular complexity index is 2920. The van der Waals surface area contributed by atoms with Gasteiger partial charge in [0.25, 0.3) is 0 Å². The largest absolute Gasteiger partial charge is 0.309 e. The Kier molecular flexibility index (Phi) is 6.56. The van der Waals surface area contributed by atoms with E-state index in [2.05, 4.69) is 112 Å². The molecule has 0 aliphatic carbocycles. The van der Waals surface area contributed by atoms with E-state index in [1.807, 2.05) is 60.7 Å². The Morgan fingerprint density at radius 3 is 1.68 bits per heavy atom. The van der Waals surface area contributed by atoms with Crippen molar-refractivity contribution < 1.29 is 0 Å². The third kappa shape index (κ3) is 4.31. The van der Waals surface area contributed by atoms with E-state index in [0.29, 0.717) is 16.7 Å². The van der Waals surface area contributed by atoms with Gasteiger partial charge in [0, 0.05) is 38.4 Å². The van der Waals surface area contributed by atoms with Gasteiger partial charge in [-0.2, -0.15) is 15.8 Å². The van der Waals surface area contributed by atoms with Crippen molar-refractivity contribution in [1.82, 2.24) is 9.13 Å². The van der Waals surface area contributed by atoms with Crippen LogP contribution in [0.4, 0.5) is 0 Å². The minimum absolute atomic E-state index is 0.412. The average Bonchev–Trinajstić information content (AvgIpc) is 3.70. The molecule has 0 N–H and O–H groups in total. The van der Waals surface area contributed by atoms with Crippen LogP contribution in [0.15, 0.2) is 152 Å². The second-order valence-corrected chi connectivity index (χ2v) is 12.3. The van der Waals surface area contributed by atoms with Crippen molar-refractivity contribution in [3.63, 3.8) is 0 Å². The second kappa shape index (κ2) is 11.4. The lowest BCUT2D eigenvalue weighted by atomic mass is 9.88. The van der Waals surface area contributed by atoms with Crippen molar-refractivity contribution in [2.45, 2.75) is 0 Å². The predicted molar refractivity (Wildman–Crippen MR) is 200 cm³/mol. The maximum Gasteiger partial charge on any atom is 0.0998 e. The fourth-order valence-electron chi connectivity index (χ4n) is 7.52. The maximum absolute atomic E-state index is 10.6. The Morgan fingerprint density at radius 2 is 1.00 bits per heavy atom.